The molecule has 0 spiro atoms. The number of hydrogen-bond acceptors (Lipinski definition) is 10. The van der Waals surface area contributed by atoms with E-state index in [1.54, 1.807) is 0 Å². The van der Waals surface area contributed by atoms with Crippen molar-refractivity contribution in [3.8, 4) is 28.7 Å². The number of esters is 5. The van der Waals surface area contributed by atoms with E-state index >= 15 is 0 Å². The first-order valence-electron chi connectivity index (χ1n) is 44.0. The van der Waals surface area contributed by atoms with Gasteiger partial charge in [0.05, 0.1) is 28.6 Å². The summed E-state index contributed by atoms with van der Waals surface area (Å²) in [7, 11) is 1.77. The third-order valence-electron chi connectivity index (χ3n) is 24.3. The minimum Gasteiger partial charge on any atom is -0.426 e. The molecule has 117 heavy (non-hydrogen) atoms. The molecule has 8 aliphatic rings. The quantitative estimate of drug-likeness (QED) is 0.0624. The Hall–Kier alpha value is -7.40. The van der Waals surface area contributed by atoms with E-state index < -0.39 is 10.8 Å². The van der Waals surface area contributed by atoms with E-state index in [1.807, 2.05) is 102 Å². The molecule has 0 bridgehead atoms. The Balaban J connectivity index is 0.000000120. The summed E-state index contributed by atoms with van der Waals surface area (Å²) in [5.41, 5.74) is -0.988. The Morgan fingerprint density at radius 2 is 0.393 bits per heavy atom. The smallest absolute Gasteiger partial charge is 0.316 e. The van der Waals surface area contributed by atoms with Crippen molar-refractivity contribution >= 4 is 138 Å². The van der Waals surface area contributed by atoms with Crippen LogP contribution in [0, 0.1) is 28.6 Å². The van der Waals surface area contributed by atoms with Crippen molar-refractivity contribution in [2.24, 2.45) is 28.6 Å². The van der Waals surface area contributed by atoms with Crippen LogP contribution in [0.5, 0.6) is 28.7 Å². The number of fused-ring (bicyclic) bond motifs is 5. The van der Waals surface area contributed by atoms with Crippen LogP contribution in [0.3, 0.4) is 0 Å². The largest absolute Gasteiger partial charge is 0.426 e. The van der Waals surface area contributed by atoms with Crippen molar-refractivity contribution < 1.29 is 47.7 Å². The highest BCUT2D eigenvalue weighted by Crippen LogP contribution is 2.43. The fourth-order valence-electron chi connectivity index (χ4n) is 17.6. The monoisotopic (exact) mass is 1670 g/mol. The second-order valence-corrected chi connectivity index (χ2v) is 46.2. The third-order valence-corrected chi connectivity index (χ3v) is 37.0. The van der Waals surface area contributed by atoms with Gasteiger partial charge in [-0.2, -0.15) is 0 Å². The number of benzene rings is 10. The second-order valence-electron chi connectivity index (χ2n) is 35.0. The van der Waals surface area contributed by atoms with E-state index in [4.69, 9.17) is 23.7 Å². The number of carbonyl (C=O) groups is 5. The molecule has 0 atom stereocenters. The predicted molar refractivity (Wildman–Crippen MR) is 494 cm³/mol. The molecule has 10 nitrogen and oxygen atoms in total. The van der Waals surface area contributed by atoms with E-state index in [9.17, 15) is 24.0 Å². The van der Waals surface area contributed by atoms with Gasteiger partial charge in [0.2, 0.25) is 0 Å². The zero-order valence-corrected chi connectivity index (χ0v) is 74.2. The van der Waals surface area contributed by atoms with E-state index in [0.717, 1.165) is 121 Å². The first-order chi connectivity index (χ1) is 56.9. The van der Waals surface area contributed by atoms with Crippen LogP contribution in [0.15, 0.2) is 206 Å². The number of rotatable bonds is 13. The average molecular weight is 1670 g/mol. The molecule has 18 rings (SSSR count). The maximum atomic E-state index is 12.6. The van der Waals surface area contributed by atoms with Gasteiger partial charge in [-0.3, -0.25) is 24.0 Å². The fourth-order valence-corrected chi connectivity index (χ4v) is 30.1. The topological polar surface area (TPSA) is 132 Å². The van der Waals surface area contributed by atoms with Gasteiger partial charge in [0, 0.05) is 108 Å². The van der Waals surface area contributed by atoms with Crippen LogP contribution in [0.4, 0.5) is 0 Å². The normalized spacial score (nSPS) is 18.4. The first-order valence-corrected chi connectivity index (χ1v) is 51.8. The Morgan fingerprint density at radius 3 is 0.598 bits per heavy atom. The molecule has 616 valence electrons. The predicted octanol–water partition coefficient (Wildman–Crippen LogP) is 24.8. The minimum atomic E-state index is -0.495. The van der Waals surface area contributed by atoms with Gasteiger partial charge in [0.15, 0.2) is 24.5 Å². The van der Waals surface area contributed by atoms with E-state index in [1.165, 1.54) is 199 Å². The molecule has 5 aliphatic heterocycles. The van der Waals surface area contributed by atoms with Gasteiger partial charge in [-0.15, -0.1) is 0 Å². The summed E-state index contributed by atoms with van der Waals surface area (Å²) in [6, 6.07) is 63.0. The zero-order chi connectivity index (χ0) is 81.3. The number of ether oxygens (including phenoxy) is 5. The Morgan fingerprint density at radius 1 is 0.222 bits per heavy atom. The molecular formula is C102H123O10S5+5. The van der Waals surface area contributed by atoms with E-state index in [0.29, 0.717) is 66.0 Å². The molecule has 5 heterocycles. The molecule has 5 saturated heterocycles. The third kappa shape index (κ3) is 22.0. The van der Waals surface area contributed by atoms with Crippen LogP contribution in [-0.4, -0.2) is 87.4 Å². The van der Waals surface area contributed by atoms with Crippen molar-refractivity contribution in [3.63, 3.8) is 0 Å². The van der Waals surface area contributed by atoms with Gasteiger partial charge >= 0.3 is 29.8 Å². The molecule has 10 aromatic rings. The van der Waals surface area contributed by atoms with Crippen molar-refractivity contribution in [2.45, 2.75) is 233 Å². The maximum absolute atomic E-state index is 12.6. The summed E-state index contributed by atoms with van der Waals surface area (Å²) < 4.78 is 28.9. The summed E-state index contributed by atoms with van der Waals surface area (Å²) in [6.45, 7) is 11.3. The van der Waals surface area contributed by atoms with Crippen LogP contribution in [0.1, 0.15) is 208 Å². The second kappa shape index (κ2) is 41.2. The lowest BCUT2D eigenvalue weighted by Gasteiger charge is -2.20. The standard InChI is InChI=1S/C22H27O2S.C21H25O2S.C20H23O2S.C20H25O2S.C19H23O2S/c23-22(17-9-3-1-4-10-17)24-20-13-14-21(25-15-7-2-8-16-25)19-12-6-5-11-18(19)20;22-21(16-8-2-3-9-16)23-19-12-13-20(24-14-6-1-7-15-24)18-11-5-4-10-17(18)19;21-20(15-7-1-2-8-15)22-18-11-12-19(23-13-5-6-14-23)17-10-4-3-9-16(17)18;1-20(2,3)19(21)22-17-11-12-18(23-13-7-4-8-14-23)16-10-6-5-9-15(16)17;1-19(2,3)18(20)21-16-10-11-17(22-12-6-7-13-22)15-9-5-4-8-14(15)16/h5-6,11-14,17H,1-4,7-10,15-16H2;4-5,10-13,16H,1-3,6-9,14-15H2;3-4,9-12,15H,1-2,5-8,13-14H2;5-6,9-12H,4,7-8,13-14H2,1-3H3;4-5,8-11H,6-7,12-13H2,1-3H3/q5*+1. The highest BCUT2D eigenvalue weighted by Gasteiger charge is 2.37. The van der Waals surface area contributed by atoms with Gasteiger partial charge in [-0.05, 0) is 255 Å². The Bertz CT molecular complexity index is 5050. The van der Waals surface area contributed by atoms with Gasteiger partial charge in [0.1, 0.15) is 86.3 Å². The van der Waals surface area contributed by atoms with Crippen molar-refractivity contribution in [2.75, 3.05) is 57.5 Å². The summed E-state index contributed by atoms with van der Waals surface area (Å²) in [4.78, 5) is 69.1. The maximum Gasteiger partial charge on any atom is 0.316 e. The molecular weight excluding hydrogens is 1550 g/mol. The lowest BCUT2D eigenvalue weighted by atomic mass is 9.89. The summed E-state index contributed by atoms with van der Waals surface area (Å²) in [5.74, 6) is 16.5. The van der Waals surface area contributed by atoms with Crippen LogP contribution in [0.2, 0.25) is 0 Å². The number of hydrogen-bond donors (Lipinski definition) is 0. The highest BCUT2D eigenvalue weighted by atomic mass is 32.2. The molecule has 10 aromatic carbocycles. The van der Waals surface area contributed by atoms with Crippen LogP contribution in [-0.2, 0) is 78.4 Å². The first kappa shape index (κ1) is 86.0. The molecule has 0 amide bonds. The lowest BCUT2D eigenvalue weighted by molar-refractivity contribution is -0.143. The van der Waals surface area contributed by atoms with Gasteiger partial charge in [0.25, 0.3) is 0 Å². The molecule has 3 aliphatic carbocycles. The fraction of sp³-hybridized carbons (Fsp3) is 0.461. The molecule has 0 N–H and O–H groups in total. The van der Waals surface area contributed by atoms with Crippen molar-refractivity contribution in [1.29, 1.82) is 0 Å². The van der Waals surface area contributed by atoms with E-state index in [-0.39, 0.29) is 47.6 Å². The van der Waals surface area contributed by atoms with Crippen molar-refractivity contribution in [1.82, 2.24) is 0 Å². The molecule has 8 fully saturated rings. The van der Waals surface area contributed by atoms with Crippen molar-refractivity contribution in [3.05, 3.63) is 182 Å². The molecule has 15 heteroatoms. The molecule has 0 radical (unpaired) electrons. The van der Waals surface area contributed by atoms with Gasteiger partial charge < -0.3 is 23.7 Å². The highest BCUT2D eigenvalue weighted by molar-refractivity contribution is 7.98. The minimum absolute atomic E-state index is 0.0299. The number of carbonyl (C=O) groups excluding carboxylic acids is 5. The molecule has 0 unspecified atom stereocenters. The summed E-state index contributed by atoms with van der Waals surface area (Å²) in [6.07, 6.45) is 31.6. The molecule has 3 saturated carbocycles. The summed E-state index contributed by atoms with van der Waals surface area (Å²) in [5, 5.41) is 11.7. The van der Waals surface area contributed by atoms with Gasteiger partial charge in [-0.25, -0.2) is 0 Å². The SMILES string of the molecule is CC(C)(C)C(=O)Oc1ccc([S+]2CCCC2)c2ccccc12.CC(C)(C)C(=O)Oc1ccc([S+]2CCCCC2)c2ccccc12.O=C(Oc1ccc([S+]2CCCC2)c2ccccc12)C1CCCC1.O=C(Oc1ccc([S+]2CCCCC2)c2ccccc12)C1CCCC1.O=C(Oc1ccc([S+]2CCCCC2)c2ccccc12)C1CCCCC1. The summed E-state index contributed by atoms with van der Waals surface area (Å²) >= 11 is 0. The van der Waals surface area contributed by atoms with E-state index in [2.05, 4.69) is 121 Å². The van der Waals surface area contributed by atoms with Crippen LogP contribution >= 0.6 is 0 Å². The van der Waals surface area contributed by atoms with Gasteiger partial charge in [-0.1, -0.05) is 136 Å². The Kier molecular flexibility index (Phi) is 30.3. The van der Waals surface area contributed by atoms with Crippen LogP contribution in [0.25, 0.3) is 53.9 Å². The Labute approximate surface area is 710 Å². The average Bonchev–Trinajstić information content (AvgIpc) is 1.64. The zero-order valence-electron chi connectivity index (χ0n) is 70.1. The molecule has 0 aromatic heterocycles. The van der Waals surface area contributed by atoms with Crippen LogP contribution < -0.4 is 23.7 Å². The lowest BCUT2D eigenvalue weighted by Crippen LogP contribution is -2.25.